The molecule has 0 bridgehead atoms. The number of anilines is 1. The summed E-state index contributed by atoms with van der Waals surface area (Å²) in [6.07, 6.45) is 1.29. The SMILES string of the molecule is CC1(C)CC(=O)C2=C(C1)Nc1nc(SCc3ccccc3)nn1C2c1ccc(OCc2ccc(Cl)cc2)cc1. The highest BCUT2D eigenvalue weighted by Gasteiger charge is 2.41. The molecule has 0 radical (unpaired) electrons. The zero-order valence-corrected chi connectivity index (χ0v) is 23.4. The number of ether oxygens (including phenoxy) is 1. The Morgan fingerprint density at radius 1 is 1.00 bits per heavy atom. The van der Waals surface area contributed by atoms with Crippen molar-refractivity contribution in [2.24, 2.45) is 5.41 Å². The Morgan fingerprint density at radius 2 is 1.74 bits per heavy atom. The molecule has 0 amide bonds. The van der Waals surface area contributed by atoms with E-state index in [2.05, 4.69) is 31.3 Å². The van der Waals surface area contributed by atoms with Gasteiger partial charge in [-0.3, -0.25) is 4.79 Å². The molecular weight excluding hydrogens is 528 g/mol. The fourth-order valence-corrected chi connectivity index (χ4v) is 6.09. The number of hydrogen-bond donors (Lipinski definition) is 1. The minimum atomic E-state index is -0.344. The van der Waals surface area contributed by atoms with E-state index in [1.54, 1.807) is 11.8 Å². The molecule has 1 aromatic heterocycles. The first-order valence-electron chi connectivity index (χ1n) is 13.0. The monoisotopic (exact) mass is 556 g/mol. The smallest absolute Gasteiger partial charge is 0.227 e. The summed E-state index contributed by atoms with van der Waals surface area (Å²) in [6.45, 7) is 4.72. The van der Waals surface area contributed by atoms with E-state index in [0.29, 0.717) is 29.2 Å². The summed E-state index contributed by atoms with van der Waals surface area (Å²) in [6, 6.07) is 25.5. The number of nitrogens with zero attached hydrogens (tertiary/aromatic N) is 3. The van der Waals surface area contributed by atoms with Gasteiger partial charge in [0.25, 0.3) is 0 Å². The summed E-state index contributed by atoms with van der Waals surface area (Å²) in [4.78, 5) is 18.3. The molecule has 0 fully saturated rings. The molecule has 0 saturated carbocycles. The van der Waals surface area contributed by atoms with Gasteiger partial charge in [-0.15, -0.1) is 5.10 Å². The van der Waals surface area contributed by atoms with Crippen LogP contribution in [0.3, 0.4) is 0 Å². The van der Waals surface area contributed by atoms with Crippen LogP contribution in [0, 0.1) is 5.41 Å². The summed E-state index contributed by atoms with van der Waals surface area (Å²) in [5.41, 5.74) is 4.84. The third kappa shape index (κ3) is 5.60. The van der Waals surface area contributed by atoms with Crippen molar-refractivity contribution >= 4 is 35.1 Å². The Bertz CT molecular complexity index is 1530. The topological polar surface area (TPSA) is 69.0 Å². The van der Waals surface area contributed by atoms with Gasteiger partial charge in [0.1, 0.15) is 18.4 Å². The van der Waals surface area contributed by atoms with Crippen LogP contribution < -0.4 is 10.1 Å². The van der Waals surface area contributed by atoms with Gasteiger partial charge in [0, 0.05) is 28.5 Å². The molecule has 6 rings (SSSR count). The highest BCUT2D eigenvalue weighted by molar-refractivity contribution is 7.98. The van der Waals surface area contributed by atoms with Crippen molar-refractivity contribution in [3.8, 4) is 5.75 Å². The maximum Gasteiger partial charge on any atom is 0.227 e. The molecule has 39 heavy (non-hydrogen) atoms. The van der Waals surface area contributed by atoms with E-state index in [-0.39, 0.29) is 17.2 Å². The molecule has 1 N–H and O–H groups in total. The van der Waals surface area contributed by atoms with Gasteiger partial charge in [-0.05, 0) is 52.8 Å². The third-order valence-corrected chi connectivity index (χ3v) is 8.20. The largest absolute Gasteiger partial charge is 0.489 e. The van der Waals surface area contributed by atoms with Gasteiger partial charge in [0.15, 0.2) is 5.78 Å². The number of ketones is 1. The normalized spacial score (nSPS) is 17.8. The molecule has 6 nitrogen and oxygen atoms in total. The molecule has 1 aliphatic carbocycles. The Kier molecular flexibility index (Phi) is 6.95. The molecule has 1 atom stereocenters. The number of benzene rings is 3. The van der Waals surface area contributed by atoms with Gasteiger partial charge < -0.3 is 10.1 Å². The molecule has 0 saturated heterocycles. The van der Waals surface area contributed by atoms with Crippen molar-refractivity contribution in [2.45, 2.75) is 50.2 Å². The molecule has 2 aliphatic rings. The molecule has 0 spiro atoms. The number of allylic oxidation sites excluding steroid dienone is 2. The van der Waals surface area contributed by atoms with Gasteiger partial charge in [-0.1, -0.05) is 91.8 Å². The van der Waals surface area contributed by atoms with E-state index in [9.17, 15) is 4.79 Å². The second-order valence-corrected chi connectivity index (χ2v) is 12.2. The van der Waals surface area contributed by atoms with Gasteiger partial charge >= 0.3 is 0 Å². The van der Waals surface area contributed by atoms with Crippen LogP contribution >= 0.6 is 23.4 Å². The summed E-state index contributed by atoms with van der Waals surface area (Å²) >= 11 is 7.58. The number of carbonyl (C=O) groups excluding carboxylic acids is 1. The van der Waals surface area contributed by atoms with Gasteiger partial charge in [0.05, 0.1) is 0 Å². The predicted octanol–water partition coefficient (Wildman–Crippen LogP) is 7.46. The fourth-order valence-electron chi connectivity index (χ4n) is 5.17. The maximum absolute atomic E-state index is 13.5. The van der Waals surface area contributed by atoms with E-state index >= 15 is 0 Å². The Balaban J connectivity index is 1.29. The number of rotatable bonds is 7. The molecule has 2 heterocycles. The van der Waals surface area contributed by atoms with E-state index < -0.39 is 0 Å². The second kappa shape index (κ2) is 10.5. The fraction of sp³-hybridized carbons (Fsp3) is 0.258. The lowest BCUT2D eigenvalue weighted by Gasteiger charge is -2.38. The summed E-state index contributed by atoms with van der Waals surface area (Å²) in [5.74, 6) is 2.35. The minimum Gasteiger partial charge on any atom is -0.489 e. The van der Waals surface area contributed by atoms with E-state index in [1.165, 1.54) is 5.56 Å². The first-order chi connectivity index (χ1) is 18.8. The molecule has 198 valence electrons. The summed E-state index contributed by atoms with van der Waals surface area (Å²) in [5, 5.41) is 9.71. The van der Waals surface area contributed by atoms with Crippen LogP contribution in [0.1, 0.15) is 49.4 Å². The zero-order chi connectivity index (χ0) is 27.0. The number of aromatic nitrogens is 3. The van der Waals surface area contributed by atoms with Crippen molar-refractivity contribution in [3.63, 3.8) is 0 Å². The zero-order valence-electron chi connectivity index (χ0n) is 21.9. The van der Waals surface area contributed by atoms with Gasteiger partial charge in [-0.25, -0.2) is 4.68 Å². The molecular formula is C31H29ClN4O2S. The quantitative estimate of drug-likeness (QED) is 0.238. The van der Waals surface area contributed by atoms with E-state index in [1.807, 2.05) is 71.4 Å². The van der Waals surface area contributed by atoms with Crippen LogP contribution in [-0.2, 0) is 17.2 Å². The van der Waals surface area contributed by atoms with Crippen molar-refractivity contribution in [2.75, 3.05) is 5.32 Å². The van der Waals surface area contributed by atoms with Crippen molar-refractivity contribution in [3.05, 3.63) is 112 Å². The van der Waals surface area contributed by atoms with Crippen LogP contribution in [0.4, 0.5) is 5.95 Å². The molecule has 1 unspecified atom stereocenters. The highest BCUT2D eigenvalue weighted by atomic mass is 35.5. The number of fused-ring (bicyclic) bond motifs is 1. The molecule has 3 aromatic carbocycles. The molecule has 4 aromatic rings. The van der Waals surface area contributed by atoms with Crippen molar-refractivity contribution < 1.29 is 9.53 Å². The lowest BCUT2D eigenvalue weighted by molar-refractivity contribution is -0.118. The molecule has 8 heteroatoms. The van der Waals surface area contributed by atoms with Crippen LogP contribution in [-0.4, -0.2) is 20.5 Å². The van der Waals surface area contributed by atoms with Gasteiger partial charge in [0.2, 0.25) is 11.1 Å². The third-order valence-electron chi connectivity index (χ3n) is 7.04. The summed E-state index contributed by atoms with van der Waals surface area (Å²) in [7, 11) is 0. The lowest BCUT2D eigenvalue weighted by Crippen LogP contribution is -2.36. The Hall–Kier alpha value is -3.55. The summed E-state index contributed by atoms with van der Waals surface area (Å²) < 4.78 is 7.87. The number of hydrogen-bond acceptors (Lipinski definition) is 6. The van der Waals surface area contributed by atoms with E-state index in [0.717, 1.165) is 40.3 Å². The predicted molar refractivity (Wildman–Crippen MR) is 155 cm³/mol. The Morgan fingerprint density at radius 3 is 2.49 bits per heavy atom. The Labute approximate surface area is 237 Å². The van der Waals surface area contributed by atoms with E-state index in [4.69, 9.17) is 26.4 Å². The standard InChI is InChI=1S/C31H29ClN4O2S/c1-31(2)16-25-27(26(37)17-31)28(22-10-14-24(15-11-22)38-18-20-8-12-23(32)13-9-20)36-29(33-25)34-30(35-36)39-19-21-6-4-3-5-7-21/h3-15,28H,16-19H2,1-2H3,(H,33,34,35). The highest BCUT2D eigenvalue weighted by Crippen LogP contribution is 2.46. The number of thioether (sulfide) groups is 1. The number of halogens is 1. The van der Waals surface area contributed by atoms with Crippen molar-refractivity contribution in [1.29, 1.82) is 0 Å². The van der Waals surface area contributed by atoms with Crippen LogP contribution in [0.15, 0.2) is 95.3 Å². The molecule has 1 aliphatic heterocycles. The van der Waals surface area contributed by atoms with Crippen LogP contribution in [0.5, 0.6) is 5.75 Å². The maximum atomic E-state index is 13.5. The number of Topliss-reactive ketones (excluding diaryl/α,β-unsaturated/α-hetero) is 1. The van der Waals surface area contributed by atoms with Crippen LogP contribution in [0.25, 0.3) is 0 Å². The minimum absolute atomic E-state index is 0.111. The van der Waals surface area contributed by atoms with Crippen LogP contribution in [0.2, 0.25) is 5.02 Å². The first-order valence-corrected chi connectivity index (χ1v) is 14.3. The lowest BCUT2D eigenvalue weighted by atomic mass is 9.73. The second-order valence-electron chi connectivity index (χ2n) is 10.8. The average molecular weight is 557 g/mol. The van der Waals surface area contributed by atoms with Gasteiger partial charge in [-0.2, -0.15) is 4.98 Å². The average Bonchev–Trinajstić information content (AvgIpc) is 3.33. The van der Waals surface area contributed by atoms with Crippen molar-refractivity contribution in [1.82, 2.24) is 14.8 Å². The first kappa shape index (κ1) is 25.7. The number of carbonyl (C=O) groups is 1. The number of nitrogens with one attached hydrogen (secondary N) is 1.